The first-order chi connectivity index (χ1) is 11.3. The highest BCUT2D eigenvalue weighted by molar-refractivity contribution is 7.89. The number of methoxy groups -OCH3 is 1. The lowest BCUT2D eigenvalue weighted by Crippen LogP contribution is -2.45. The van der Waals surface area contributed by atoms with E-state index in [4.69, 9.17) is 4.74 Å². The van der Waals surface area contributed by atoms with Crippen molar-refractivity contribution in [2.75, 3.05) is 20.7 Å². The average molecular weight is 357 g/mol. The van der Waals surface area contributed by atoms with E-state index in [2.05, 4.69) is 15.4 Å². The van der Waals surface area contributed by atoms with E-state index in [9.17, 15) is 18.0 Å². The first-order valence-corrected chi connectivity index (χ1v) is 8.95. The zero-order valence-corrected chi connectivity index (χ0v) is 15.0. The fourth-order valence-electron chi connectivity index (χ4n) is 1.88. The second kappa shape index (κ2) is 8.65. The molecule has 0 radical (unpaired) electrons. The summed E-state index contributed by atoms with van der Waals surface area (Å²) in [7, 11) is -1.19. The van der Waals surface area contributed by atoms with Crippen LogP contribution in [0.25, 0.3) is 0 Å². The van der Waals surface area contributed by atoms with Gasteiger partial charge in [0.15, 0.2) is 0 Å². The number of nitrogens with one attached hydrogen (secondary N) is 3. The Bertz CT molecular complexity index is 703. The highest BCUT2D eigenvalue weighted by Crippen LogP contribution is 2.24. The van der Waals surface area contributed by atoms with Crippen molar-refractivity contribution in [3.05, 3.63) is 23.8 Å². The van der Waals surface area contributed by atoms with Gasteiger partial charge in [0.05, 0.1) is 7.11 Å². The maximum absolute atomic E-state index is 12.3. The summed E-state index contributed by atoms with van der Waals surface area (Å²) in [6.45, 7) is 3.99. The SMILES string of the molecule is CCCNC(=O)[C@H](C)NC(=O)c1ccc(OC)c(S(=O)(=O)NC)c1. The number of sulfonamides is 1. The zero-order chi connectivity index (χ0) is 18.3. The van der Waals surface area contributed by atoms with E-state index in [0.717, 1.165) is 6.42 Å². The van der Waals surface area contributed by atoms with Crippen molar-refractivity contribution >= 4 is 21.8 Å². The minimum Gasteiger partial charge on any atom is -0.495 e. The van der Waals surface area contributed by atoms with Crippen molar-refractivity contribution < 1.29 is 22.7 Å². The molecular weight excluding hydrogens is 334 g/mol. The lowest BCUT2D eigenvalue weighted by molar-refractivity contribution is -0.122. The third-order valence-corrected chi connectivity index (χ3v) is 4.71. The van der Waals surface area contributed by atoms with Crippen molar-refractivity contribution in [2.24, 2.45) is 0 Å². The number of ether oxygens (including phenoxy) is 1. The van der Waals surface area contributed by atoms with E-state index < -0.39 is 22.0 Å². The summed E-state index contributed by atoms with van der Waals surface area (Å²) in [6.07, 6.45) is 0.788. The van der Waals surface area contributed by atoms with E-state index in [1.165, 1.54) is 32.4 Å². The molecule has 0 saturated heterocycles. The number of carbonyl (C=O) groups is 2. The topological polar surface area (TPSA) is 114 Å². The molecule has 0 unspecified atom stereocenters. The van der Waals surface area contributed by atoms with E-state index >= 15 is 0 Å². The van der Waals surface area contributed by atoms with Crippen molar-refractivity contribution in [3.63, 3.8) is 0 Å². The number of benzene rings is 1. The van der Waals surface area contributed by atoms with Crippen molar-refractivity contribution in [3.8, 4) is 5.75 Å². The predicted octanol–water partition coefficient (Wildman–Crippen LogP) is 0.248. The third kappa shape index (κ3) is 4.93. The number of rotatable bonds is 8. The molecule has 134 valence electrons. The van der Waals surface area contributed by atoms with E-state index in [1.54, 1.807) is 6.92 Å². The number of hydrogen-bond acceptors (Lipinski definition) is 5. The second-order valence-electron chi connectivity index (χ2n) is 5.06. The summed E-state index contributed by atoms with van der Waals surface area (Å²) in [6, 6.07) is 3.28. The maximum atomic E-state index is 12.3. The van der Waals surface area contributed by atoms with Gasteiger partial charge in [0, 0.05) is 12.1 Å². The molecule has 0 aromatic heterocycles. The molecule has 0 aliphatic carbocycles. The zero-order valence-electron chi connectivity index (χ0n) is 14.2. The molecule has 8 nitrogen and oxygen atoms in total. The summed E-state index contributed by atoms with van der Waals surface area (Å²) in [5.74, 6) is -0.735. The van der Waals surface area contributed by atoms with Crippen LogP contribution in [0.5, 0.6) is 5.75 Å². The molecule has 1 rings (SSSR count). The molecule has 9 heteroatoms. The smallest absolute Gasteiger partial charge is 0.251 e. The predicted molar refractivity (Wildman–Crippen MR) is 89.5 cm³/mol. The van der Waals surface area contributed by atoms with Crippen LogP contribution < -0.4 is 20.1 Å². The number of hydrogen-bond donors (Lipinski definition) is 3. The summed E-state index contributed by atoms with van der Waals surface area (Å²) in [5, 5.41) is 5.20. The second-order valence-corrected chi connectivity index (χ2v) is 6.91. The van der Waals surface area contributed by atoms with Crippen LogP contribution in [0, 0.1) is 0 Å². The van der Waals surface area contributed by atoms with Crippen LogP contribution in [0.2, 0.25) is 0 Å². The number of amides is 2. The maximum Gasteiger partial charge on any atom is 0.251 e. The fraction of sp³-hybridized carbons (Fsp3) is 0.467. The van der Waals surface area contributed by atoms with Gasteiger partial charge in [-0.2, -0.15) is 0 Å². The van der Waals surface area contributed by atoms with Gasteiger partial charge >= 0.3 is 0 Å². The molecule has 2 amide bonds. The highest BCUT2D eigenvalue weighted by Gasteiger charge is 2.22. The van der Waals surface area contributed by atoms with Gasteiger partial charge in [-0.3, -0.25) is 9.59 Å². The molecule has 3 N–H and O–H groups in total. The average Bonchev–Trinajstić information content (AvgIpc) is 2.58. The Morgan fingerprint density at radius 3 is 2.50 bits per heavy atom. The molecule has 0 heterocycles. The Morgan fingerprint density at radius 1 is 1.29 bits per heavy atom. The minimum absolute atomic E-state index is 0.111. The fourth-order valence-corrected chi connectivity index (χ4v) is 2.80. The normalized spacial score (nSPS) is 12.3. The molecule has 0 fully saturated rings. The van der Waals surface area contributed by atoms with Gasteiger partial charge in [-0.1, -0.05) is 6.92 Å². The molecule has 0 saturated carbocycles. The minimum atomic E-state index is -3.79. The van der Waals surface area contributed by atoms with Crippen LogP contribution in [0.15, 0.2) is 23.1 Å². The molecule has 0 spiro atoms. The summed E-state index contributed by atoms with van der Waals surface area (Å²) in [4.78, 5) is 23.9. The van der Waals surface area contributed by atoms with E-state index in [0.29, 0.717) is 6.54 Å². The molecule has 0 aliphatic heterocycles. The van der Waals surface area contributed by atoms with E-state index in [1.807, 2.05) is 6.92 Å². The van der Waals surface area contributed by atoms with Gasteiger partial charge in [0.1, 0.15) is 16.7 Å². The van der Waals surface area contributed by atoms with Crippen molar-refractivity contribution in [1.29, 1.82) is 0 Å². The van der Waals surface area contributed by atoms with Crippen LogP contribution in [-0.4, -0.2) is 47.0 Å². The Hall–Kier alpha value is -2.13. The Labute approximate surface area is 142 Å². The standard InChI is InChI=1S/C15H23N3O5S/c1-5-8-17-14(19)10(2)18-15(20)11-6-7-12(23-4)13(9-11)24(21,22)16-3/h6-7,9-10,16H,5,8H2,1-4H3,(H,17,19)(H,18,20)/t10-/m0/s1. The Morgan fingerprint density at radius 2 is 1.96 bits per heavy atom. The van der Waals surface area contributed by atoms with Gasteiger partial charge in [-0.05, 0) is 38.6 Å². The first-order valence-electron chi connectivity index (χ1n) is 7.47. The van der Waals surface area contributed by atoms with Crippen LogP contribution >= 0.6 is 0 Å². The van der Waals surface area contributed by atoms with Crippen molar-refractivity contribution in [2.45, 2.75) is 31.2 Å². The van der Waals surface area contributed by atoms with Crippen LogP contribution in [0.4, 0.5) is 0 Å². The van der Waals surface area contributed by atoms with Gasteiger partial charge in [-0.25, -0.2) is 13.1 Å². The largest absolute Gasteiger partial charge is 0.495 e. The lowest BCUT2D eigenvalue weighted by atomic mass is 10.2. The molecule has 0 aliphatic rings. The summed E-state index contributed by atoms with van der Waals surface area (Å²) >= 11 is 0. The molecule has 1 atom stereocenters. The monoisotopic (exact) mass is 357 g/mol. The molecule has 0 bridgehead atoms. The van der Waals surface area contributed by atoms with Gasteiger partial charge < -0.3 is 15.4 Å². The van der Waals surface area contributed by atoms with Crippen LogP contribution in [0.1, 0.15) is 30.6 Å². The van der Waals surface area contributed by atoms with Gasteiger partial charge in [0.2, 0.25) is 15.9 Å². The summed E-state index contributed by atoms with van der Waals surface area (Å²) < 4.78 is 31.2. The molecule has 1 aromatic rings. The van der Waals surface area contributed by atoms with Crippen LogP contribution in [0.3, 0.4) is 0 Å². The lowest BCUT2D eigenvalue weighted by Gasteiger charge is -2.15. The van der Waals surface area contributed by atoms with Crippen LogP contribution in [-0.2, 0) is 14.8 Å². The first kappa shape index (κ1) is 19.9. The third-order valence-electron chi connectivity index (χ3n) is 3.27. The molecular formula is C15H23N3O5S. The Kier molecular flexibility index (Phi) is 7.18. The quantitative estimate of drug-likeness (QED) is 0.617. The summed E-state index contributed by atoms with van der Waals surface area (Å²) in [5.41, 5.74) is 0.111. The molecule has 1 aromatic carbocycles. The van der Waals surface area contributed by atoms with Gasteiger partial charge in [0.25, 0.3) is 5.91 Å². The van der Waals surface area contributed by atoms with Gasteiger partial charge in [-0.15, -0.1) is 0 Å². The van der Waals surface area contributed by atoms with E-state index in [-0.39, 0.29) is 22.1 Å². The highest BCUT2D eigenvalue weighted by atomic mass is 32.2. The Balaban J connectivity index is 3.00. The number of carbonyl (C=O) groups excluding carboxylic acids is 2. The molecule has 24 heavy (non-hydrogen) atoms. The van der Waals surface area contributed by atoms with Crippen molar-refractivity contribution in [1.82, 2.24) is 15.4 Å².